The molecule has 2 heterocycles. The molecule has 2 saturated heterocycles. The van der Waals surface area contributed by atoms with Gasteiger partial charge in [0.25, 0.3) is 0 Å². The Morgan fingerprint density at radius 1 is 0.414 bits per heavy atom. The smallest absolute Gasteiger partial charge is 0.352 e. The van der Waals surface area contributed by atoms with Gasteiger partial charge in [-0.15, -0.1) is 0 Å². The predicted molar refractivity (Wildman–Crippen MR) is 283 cm³/mol. The first kappa shape index (κ1) is 63.1. The fraction of sp³-hybridized carbons (Fsp3) is 0.828. The first-order valence-corrected chi connectivity index (χ1v) is 28.7. The Bertz CT molecular complexity index is 1360. The van der Waals surface area contributed by atoms with Crippen molar-refractivity contribution in [2.75, 3.05) is 78.9 Å². The Hall–Kier alpha value is -3.06. The highest BCUT2D eigenvalue weighted by molar-refractivity contribution is 5.89. The van der Waals surface area contributed by atoms with Crippen LogP contribution >= 0.6 is 0 Å². The molecule has 0 aromatic heterocycles. The second kappa shape index (κ2) is 47.0. The highest BCUT2D eigenvalue weighted by Crippen LogP contribution is 2.17. The summed E-state index contributed by atoms with van der Waals surface area (Å²) in [6.45, 7) is 12.6. The molecule has 0 radical (unpaired) electrons. The molecule has 0 bridgehead atoms. The zero-order valence-corrected chi connectivity index (χ0v) is 44.7. The number of morpholine rings is 2. The number of ether oxygens (including phenoxy) is 6. The van der Waals surface area contributed by atoms with Crippen LogP contribution < -0.4 is 0 Å². The Morgan fingerprint density at radius 2 is 0.743 bits per heavy atom. The van der Waals surface area contributed by atoms with Gasteiger partial charge < -0.3 is 28.4 Å². The molecule has 2 fully saturated rings. The summed E-state index contributed by atoms with van der Waals surface area (Å²) in [6.07, 6.45) is 42.1. The van der Waals surface area contributed by atoms with E-state index in [1.54, 1.807) is 0 Å². The molecule has 0 amide bonds. The van der Waals surface area contributed by atoms with Crippen molar-refractivity contribution in [3.05, 3.63) is 36.5 Å². The average molecular weight is 987 g/mol. The standard InChI is InChI=1S/C58H102N2O10/c1-3-5-7-9-11-13-15-17-19-21-23-25-27-29-31-37-47-67-57(63)55(69-53(61)39-33-35-41-59-43-49-65-50-44-59)56(70-54(62)40-34-36-42-60-45-51-66-52-46-60)58(64)68-48-38-32-30-28-26-24-22-20-18-16-14-12-10-8-6-4-2/h11,13,17-20,55-56H,3-10,12,14-16,21-52H2,1-2H3/b13-11-,19-17-,20-18-. The minimum Gasteiger partial charge on any atom is -0.463 e. The maximum absolute atomic E-state index is 13.8. The van der Waals surface area contributed by atoms with Gasteiger partial charge in [-0.05, 0) is 109 Å². The number of rotatable bonds is 46. The quantitative estimate of drug-likeness (QED) is 0.0249. The van der Waals surface area contributed by atoms with Gasteiger partial charge in [0.2, 0.25) is 12.2 Å². The number of esters is 4. The fourth-order valence-corrected chi connectivity index (χ4v) is 8.68. The molecule has 12 nitrogen and oxygen atoms in total. The third-order valence-corrected chi connectivity index (χ3v) is 13.2. The van der Waals surface area contributed by atoms with Crippen molar-refractivity contribution >= 4 is 23.9 Å². The van der Waals surface area contributed by atoms with Gasteiger partial charge >= 0.3 is 23.9 Å². The molecule has 404 valence electrons. The van der Waals surface area contributed by atoms with Crippen molar-refractivity contribution in [2.45, 2.75) is 232 Å². The molecule has 2 rings (SSSR count). The van der Waals surface area contributed by atoms with E-state index in [1.807, 2.05) is 0 Å². The zero-order valence-electron chi connectivity index (χ0n) is 44.7. The summed E-state index contributed by atoms with van der Waals surface area (Å²) < 4.78 is 33.8. The molecule has 0 aromatic carbocycles. The minimum absolute atomic E-state index is 0.0484. The number of nitrogens with zero attached hydrogens (tertiary/aromatic N) is 2. The molecule has 70 heavy (non-hydrogen) atoms. The van der Waals surface area contributed by atoms with Gasteiger partial charge in [0.15, 0.2) is 0 Å². The Balaban J connectivity index is 1.91. The number of allylic oxidation sites excluding steroid dienone is 6. The van der Waals surface area contributed by atoms with Crippen molar-refractivity contribution in [1.82, 2.24) is 9.80 Å². The van der Waals surface area contributed by atoms with Crippen LogP contribution in [0.15, 0.2) is 36.5 Å². The van der Waals surface area contributed by atoms with Gasteiger partial charge in [0.05, 0.1) is 39.6 Å². The third-order valence-electron chi connectivity index (χ3n) is 13.2. The second-order valence-corrected chi connectivity index (χ2v) is 19.5. The van der Waals surface area contributed by atoms with E-state index in [0.717, 1.165) is 129 Å². The van der Waals surface area contributed by atoms with E-state index in [1.165, 1.54) is 77.0 Å². The molecule has 0 aromatic rings. The highest BCUT2D eigenvalue weighted by Gasteiger charge is 2.42. The van der Waals surface area contributed by atoms with Crippen LogP contribution in [0, 0.1) is 0 Å². The lowest BCUT2D eigenvalue weighted by molar-refractivity contribution is -0.192. The Kier molecular flexibility index (Phi) is 42.3. The fourth-order valence-electron chi connectivity index (χ4n) is 8.68. The number of unbranched alkanes of at least 4 members (excludes halogenated alkanes) is 23. The van der Waals surface area contributed by atoms with E-state index in [9.17, 15) is 19.2 Å². The molecule has 0 spiro atoms. The normalized spacial score (nSPS) is 15.7. The molecule has 2 aliphatic heterocycles. The van der Waals surface area contributed by atoms with Gasteiger partial charge in [0, 0.05) is 39.0 Å². The lowest BCUT2D eigenvalue weighted by Gasteiger charge is -2.26. The molecule has 0 N–H and O–H groups in total. The first-order valence-electron chi connectivity index (χ1n) is 28.7. The first-order chi connectivity index (χ1) is 34.4. The summed E-state index contributed by atoms with van der Waals surface area (Å²) in [4.78, 5) is 59.0. The summed E-state index contributed by atoms with van der Waals surface area (Å²) in [5, 5.41) is 0. The van der Waals surface area contributed by atoms with Crippen molar-refractivity contribution in [3.63, 3.8) is 0 Å². The summed E-state index contributed by atoms with van der Waals surface area (Å²) in [5.74, 6) is -3.09. The summed E-state index contributed by atoms with van der Waals surface area (Å²) in [5.41, 5.74) is 0. The van der Waals surface area contributed by atoms with Crippen molar-refractivity contribution in [2.24, 2.45) is 0 Å². The van der Waals surface area contributed by atoms with Crippen LogP contribution in [0.1, 0.15) is 219 Å². The van der Waals surface area contributed by atoms with Crippen LogP contribution in [0.4, 0.5) is 0 Å². The number of carbonyl (C=O) groups excluding carboxylic acids is 4. The maximum Gasteiger partial charge on any atom is 0.352 e. The van der Waals surface area contributed by atoms with Gasteiger partial charge in [-0.3, -0.25) is 19.4 Å². The van der Waals surface area contributed by atoms with E-state index >= 15 is 0 Å². The van der Waals surface area contributed by atoms with Crippen LogP contribution in [-0.4, -0.2) is 125 Å². The lowest BCUT2D eigenvalue weighted by atomic mass is 10.1. The molecule has 12 heteroatoms. The number of hydrogen-bond donors (Lipinski definition) is 0. The highest BCUT2D eigenvalue weighted by atomic mass is 16.6. The van der Waals surface area contributed by atoms with Crippen molar-refractivity contribution in [1.29, 1.82) is 0 Å². The van der Waals surface area contributed by atoms with Crippen molar-refractivity contribution in [3.8, 4) is 0 Å². The predicted octanol–water partition coefficient (Wildman–Crippen LogP) is 12.8. The number of hydrogen-bond acceptors (Lipinski definition) is 12. The van der Waals surface area contributed by atoms with Gasteiger partial charge in [-0.2, -0.15) is 0 Å². The molecule has 2 unspecified atom stereocenters. The van der Waals surface area contributed by atoms with Crippen LogP contribution in [-0.2, 0) is 47.6 Å². The molecule has 0 saturated carbocycles. The largest absolute Gasteiger partial charge is 0.463 e. The Labute approximate surface area is 426 Å². The van der Waals surface area contributed by atoms with Crippen LogP contribution in [0.2, 0.25) is 0 Å². The maximum atomic E-state index is 13.8. The topological polar surface area (TPSA) is 130 Å². The van der Waals surface area contributed by atoms with Crippen LogP contribution in [0.5, 0.6) is 0 Å². The number of carbonyl (C=O) groups is 4. The van der Waals surface area contributed by atoms with E-state index in [4.69, 9.17) is 28.4 Å². The van der Waals surface area contributed by atoms with Crippen LogP contribution in [0.3, 0.4) is 0 Å². The molecular formula is C58H102N2O10. The zero-order chi connectivity index (χ0) is 50.2. The second-order valence-electron chi connectivity index (χ2n) is 19.5. The van der Waals surface area contributed by atoms with E-state index < -0.39 is 36.1 Å². The summed E-state index contributed by atoms with van der Waals surface area (Å²) in [6, 6.07) is 0. The Morgan fingerprint density at radius 3 is 1.14 bits per heavy atom. The lowest BCUT2D eigenvalue weighted by Crippen LogP contribution is -2.47. The van der Waals surface area contributed by atoms with E-state index in [0.29, 0.717) is 52.1 Å². The van der Waals surface area contributed by atoms with Gasteiger partial charge in [-0.25, -0.2) is 9.59 Å². The monoisotopic (exact) mass is 987 g/mol. The van der Waals surface area contributed by atoms with Gasteiger partial charge in [0.1, 0.15) is 0 Å². The van der Waals surface area contributed by atoms with Crippen LogP contribution in [0.25, 0.3) is 0 Å². The molecule has 2 aliphatic rings. The minimum atomic E-state index is -1.76. The molecular weight excluding hydrogens is 885 g/mol. The van der Waals surface area contributed by atoms with Gasteiger partial charge in [-0.1, -0.05) is 147 Å². The van der Waals surface area contributed by atoms with E-state index in [2.05, 4.69) is 60.1 Å². The SMILES string of the molecule is CCCCC/C=C\C/C=C\CCCCCCCCOC(=O)C(OC(=O)CCCCN1CCOCC1)C(OC(=O)CCCCN1CCOCC1)C(=O)OCCCCCCCC/C=C\CCCCCCCC. The summed E-state index contributed by atoms with van der Waals surface area (Å²) >= 11 is 0. The molecule has 0 aliphatic carbocycles. The summed E-state index contributed by atoms with van der Waals surface area (Å²) in [7, 11) is 0. The van der Waals surface area contributed by atoms with Crippen molar-refractivity contribution < 1.29 is 47.6 Å². The average Bonchev–Trinajstić information content (AvgIpc) is 3.37. The third kappa shape index (κ3) is 36.8. The molecule has 2 atom stereocenters. The van der Waals surface area contributed by atoms with E-state index in [-0.39, 0.29) is 26.1 Å².